The lowest BCUT2D eigenvalue weighted by atomic mass is 10.1. The molecule has 4 N–H and O–H groups in total. The van der Waals surface area contributed by atoms with Gasteiger partial charge in [-0.15, -0.1) is 0 Å². The number of hydrogen-bond acceptors (Lipinski definition) is 4. The predicted molar refractivity (Wildman–Crippen MR) is 63.3 cm³/mol. The second-order valence-corrected chi connectivity index (χ2v) is 3.85. The molecule has 0 spiro atoms. The zero-order valence-electron chi connectivity index (χ0n) is 9.31. The van der Waals surface area contributed by atoms with Gasteiger partial charge in [0.15, 0.2) is 11.0 Å². The van der Waals surface area contributed by atoms with Crippen LogP contribution < -0.4 is 11.1 Å². The molecule has 0 aromatic carbocycles. The van der Waals surface area contributed by atoms with Crippen molar-refractivity contribution in [1.82, 2.24) is 5.32 Å². The van der Waals surface area contributed by atoms with Crippen LogP contribution in [0.4, 0.5) is 0 Å². The number of carbonyl (C=O) groups is 1. The summed E-state index contributed by atoms with van der Waals surface area (Å²) >= 11 is 5.56. The van der Waals surface area contributed by atoms with E-state index in [0.717, 1.165) is 0 Å². The summed E-state index contributed by atoms with van der Waals surface area (Å²) in [6.45, 7) is 1.88. The van der Waals surface area contributed by atoms with Gasteiger partial charge in [0.1, 0.15) is 5.84 Å². The van der Waals surface area contributed by atoms with Crippen molar-refractivity contribution in [1.29, 1.82) is 0 Å². The Morgan fingerprint density at radius 1 is 1.71 bits per heavy atom. The molecule has 6 nitrogen and oxygen atoms in total. The maximum absolute atomic E-state index is 11.7. The average molecular weight is 260 g/mol. The Morgan fingerprint density at radius 3 is 2.88 bits per heavy atom. The molecule has 0 saturated heterocycles. The molecule has 1 atom stereocenters. The summed E-state index contributed by atoms with van der Waals surface area (Å²) in [6.07, 6.45) is 0.920. The van der Waals surface area contributed by atoms with Gasteiger partial charge in [0.25, 0.3) is 5.91 Å². The minimum atomic E-state index is -0.380. The molecule has 1 unspecified atom stereocenters. The minimum Gasteiger partial charge on any atom is -0.440 e. The summed E-state index contributed by atoms with van der Waals surface area (Å²) < 4.78 is 4.96. The Morgan fingerprint density at radius 2 is 2.41 bits per heavy atom. The summed E-state index contributed by atoms with van der Waals surface area (Å²) in [6, 6.07) is 2.75. The number of halogens is 1. The van der Waals surface area contributed by atoms with Crippen LogP contribution in [0.3, 0.4) is 0 Å². The number of hydrogen-bond donors (Lipinski definition) is 3. The van der Waals surface area contributed by atoms with Crippen molar-refractivity contribution in [2.24, 2.45) is 10.9 Å². The van der Waals surface area contributed by atoms with E-state index in [-0.39, 0.29) is 35.2 Å². The summed E-state index contributed by atoms with van der Waals surface area (Å²) in [5, 5.41) is 14.2. The lowest BCUT2D eigenvalue weighted by molar-refractivity contribution is 0.0909. The largest absolute Gasteiger partial charge is 0.440 e. The molecule has 1 rings (SSSR count). The Balaban J connectivity index is 2.59. The second-order valence-electron chi connectivity index (χ2n) is 3.48. The van der Waals surface area contributed by atoms with Gasteiger partial charge in [-0.1, -0.05) is 12.1 Å². The molecule has 1 aromatic heterocycles. The first-order chi connectivity index (χ1) is 8.06. The fourth-order valence-electron chi connectivity index (χ4n) is 1.28. The van der Waals surface area contributed by atoms with Crippen molar-refractivity contribution >= 4 is 23.3 Å². The van der Waals surface area contributed by atoms with Gasteiger partial charge < -0.3 is 20.7 Å². The van der Waals surface area contributed by atoms with E-state index in [2.05, 4.69) is 10.5 Å². The van der Waals surface area contributed by atoms with Gasteiger partial charge in [0, 0.05) is 12.5 Å². The van der Waals surface area contributed by atoms with Gasteiger partial charge in [0.05, 0.1) is 0 Å². The van der Waals surface area contributed by atoms with Crippen LogP contribution in [0.5, 0.6) is 0 Å². The zero-order valence-corrected chi connectivity index (χ0v) is 10.1. The molecule has 7 heteroatoms. The minimum absolute atomic E-state index is 0.0645. The lowest BCUT2D eigenvalue weighted by Gasteiger charge is -2.14. The fourth-order valence-corrected chi connectivity index (χ4v) is 1.43. The maximum atomic E-state index is 11.7. The van der Waals surface area contributed by atoms with E-state index in [1.807, 2.05) is 6.92 Å². The second kappa shape index (κ2) is 6.15. The molecule has 1 amide bonds. The number of nitrogens with two attached hydrogens (primary N) is 1. The van der Waals surface area contributed by atoms with Crippen LogP contribution in [-0.2, 0) is 0 Å². The molecule has 0 radical (unpaired) electrons. The Bertz CT molecular complexity index is 417. The number of carbonyl (C=O) groups excluding carboxylic acids is 1. The van der Waals surface area contributed by atoms with Crippen molar-refractivity contribution in [3.8, 4) is 0 Å². The highest BCUT2D eigenvalue weighted by Crippen LogP contribution is 2.13. The predicted octanol–water partition coefficient (Wildman–Crippen LogP) is 1.58. The van der Waals surface area contributed by atoms with E-state index in [1.165, 1.54) is 12.1 Å². The van der Waals surface area contributed by atoms with Crippen molar-refractivity contribution in [2.75, 3.05) is 0 Å². The fraction of sp³-hybridized carbons (Fsp3) is 0.400. The van der Waals surface area contributed by atoms with E-state index in [1.54, 1.807) is 0 Å². The highest BCUT2D eigenvalue weighted by Gasteiger charge is 2.16. The first-order valence-corrected chi connectivity index (χ1v) is 5.47. The molecule has 0 aliphatic rings. The van der Waals surface area contributed by atoms with Crippen molar-refractivity contribution in [2.45, 2.75) is 25.8 Å². The highest BCUT2D eigenvalue weighted by atomic mass is 35.5. The van der Waals surface area contributed by atoms with Crippen LogP contribution >= 0.6 is 11.6 Å². The normalized spacial score (nSPS) is 13.4. The molecule has 0 bridgehead atoms. The quantitative estimate of drug-likeness (QED) is 0.323. The van der Waals surface area contributed by atoms with Crippen LogP contribution in [0, 0.1) is 0 Å². The SMILES string of the molecule is CCC(C/C(N)=N/O)NC(=O)c1ccc(Cl)o1. The standard InChI is InChI=1S/C10H14ClN3O3/c1-2-6(5-9(12)14-16)13-10(15)7-3-4-8(11)17-7/h3-4,6,16H,2,5H2,1H3,(H2,12,14)(H,13,15). The molecule has 0 aliphatic heterocycles. The molecule has 1 aromatic rings. The number of amides is 1. The van der Waals surface area contributed by atoms with Crippen molar-refractivity contribution in [3.05, 3.63) is 23.1 Å². The first kappa shape index (κ1) is 13.4. The molecule has 17 heavy (non-hydrogen) atoms. The van der Waals surface area contributed by atoms with E-state index in [0.29, 0.717) is 6.42 Å². The van der Waals surface area contributed by atoms with Crippen LogP contribution in [0.1, 0.15) is 30.3 Å². The lowest BCUT2D eigenvalue weighted by Crippen LogP contribution is -2.37. The third kappa shape index (κ3) is 3.99. The van der Waals surface area contributed by atoms with Crippen molar-refractivity contribution < 1.29 is 14.4 Å². The first-order valence-electron chi connectivity index (χ1n) is 5.09. The Hall–Kier alpha value is -1.69. The number of nitrogens with one attached hydrogen (secondary N) is 1. The Kier molecular flexibility index (Phi) is 4.84. The molecular formula is C10H14ClN3O3. The third-order valence-corrected chi connectivity index (χ3v) is 2.41. The van der Waals surface area contributed by atoms with Gasteiger partial charge in [-0.2, -0.15) is 0 Å². The topological polar surface area (TPSA) is 101 Å². The van der Waals surface area contributed by atoms with Crippen LogP contribution in [0.15, 0.2) is 21.7 Å². The highest BCUT2D eigenvalue weighted by molar-refractivity contribution is 6.29. The Labute approximate surface area is 103 Å². The molecule has 94 valence electrons. The number of rotatable bonds is 5. The average Bonchev–Trinajstić information content (AvgIpc) is 2.74. The van der Waals surface area contributed by atoms with Crippen LogP contribution in [0.2, 0.25) is 5.22 Å². The summed E-state index contributed by atoms with van der Waals surface area (Å²) in [4.78, 5) is 11.7. The number of furan rings is 1. The molecule has 0 aliphatic carbocycles. The van der Waals surface area contributed by atoms with Crippen LogP contribution in [0.25, 0.3) is 0 Å². The van der Waals surface area contributed by atoms with E-state index >= 15 is 0 Å². The maximum Gasteiger partial charge on any atom is 0.287 e. The van der Waals surface area contributed by atoms with E-state index in [4.69, 9.17) is 27.0 Å². The summed E-state index contributed by atoms with van der Waals surface area (Å²) in [5.74, 6) is -0.183. The van der Waals surface area contributed by atoms with Gasteiger partial charge in [0.2, 0.25) is 0 Å². The number of amidine groups is 1. The molecule has 1 heterocycles. The number of nitrogens with zero attached hydrogens (tertiary/aromatic N) is 1. The third-order valence-electron chi connectivity index (χ3n) is 2.21. The number of oxime groups is 1. The van der Waals surface area contributed by atoms with Gasteiger partial charge in [-0.25, -0.2) is 0 Å². The van der Waals surface area contributed by atoms with E-state index < -0.39 is 0 Å². The monoisotopic (exact) mass is 259 g/mol. The molecule has 0 saturated carbocycles. The van der Waals surface area contributed by atoms with Gasteiger partial charge in [-0.05, 0) is 30.2 Å². The summed E-state index contributed by atoms with van der Waals surface area (Å²) in [5.41, 5.74) is 5.37. The summed E-state index contributed by atoms with van der Waals surface area (Å²) in [7, 11) is 0. The zero-order chi connectivity index (χ0) is 12.8. The molecule has 0 fully saturated rings. The van der Waals surface area contributed by atoms with Crippen molar-refractivity contribution in [3.63, 3.8) is 0 Å². The van der Waals surface area contributed by atoms with Crippen LogP contribution in [-0.4, -0.2) is 23.0 Å². The smallest absolute Gasteiger partial charge is 0.287 e. The molecular weight excluding hydrogens is 246 g/mol. The van der Waals surface area contributed by atoms with Gasteiger partial charge in [-0.3, -0.25) is 4.79 Å². The van der Waals surface area contributed by atoms with E-state index in [9.17, 15) is 4.79 Å². The van der Waals surface area contributed by atoms with Gasteiger partial charge >= 0.3 is 0 Å².